The fourth-order valence-corrected chi connectivity index (χ4v) is 5.74. The fourth-order valence-electron chi connectivity index (χ4n) is 5.74. The fraction of sp³-hybridized carbons (Fsp3) is 0.0857. The summed E-state index contributed by atoms with van der Waals surface area (Å²) in [7, 11) is 0. The molecule has 0 saturated carbocycles. The molecule has 5 aromatic carbocycles. The summed E-state index contributed by atoms with van der Waals surface area (Å²) in [4.78, 5) is 10.1. The van der Waals surface area contributed by atoms with Crippen LogP contribution in [0, 0.1) is 0 Å². The van der Waals surface area contributed by atoms with Gasteiger partial charge < -0.3 is 0 Å². The highest BCUT2D eigenvalue weighted by molar-refractivity contribution is 5.96. The molecule has 2 nitrogen and oxygen atoms in total. The molecule has 0 unspecified atom stereocenters. The van der Waals surface area contributed by atoms with Crippen LogP contribution < -0.4 is 0 Å². The van der Waals surface area contributed by atoms with Gasteiger partial charge >= 0.3 is 0 Å². The van der Waals surface area contributed by atoms with Gasteiger partial charge in [0.25, 0.3) is 0 Å². The average molecular weight is 475 g/mol. The van der Waals surface area contributed by atoms with E-state index in [4.69, 9.17) is 9.97 Å². The number of hydrogen-bond acceptors (Lipinski definition) is 2. The summed E-state index contributed by atoms with van der Waals surface area (Å²) >= 11 is 0. The summed E-state index contributed by atoms with van der Waals surface area (Å²) in [5.41, 5.74) is 11.8. The molecule has 0 aliphatic heterocycles. The highest BCUT2D eigenvalue weighted by Crippen LogP contribution is 2.49. The smallest absolute Gasteiger partial charge is 0.160 e. The lowest BCUT2D eigenvalue weighted by molar-refractivity contribution is 0.660. The molecule has 2 heteroatoms. The molecular formula is C35H26N2. The van der Waals surface area contributed by atoms with Crippen LogP contribution in [-0.4, -0.2) is 9.97 Å². The van der Waals surface area contributed by atoms with Crippen molar-refractivity contribution in [1.29, 1.82) is 0 Å². The van der Waals surface area contributed by atoms with E-state index < -0.39 is 0 Å². The second-order valence-corrected chi connectivity index (χ2v) is 10.3. The molecule has 176 valence electrons. The van der Waals surface area contributed by atoms with Crippen molar-refractivity contribution in [1.82, 2.24) is 9.97 Å². The van der Waals surface area contributed by atoms with Gasteiger partial charge in [-0.1, -0.05) is 117 Å². The van der Waals surface area contributed by atoms with Crippen molar-refractivity contribution >= 4 is 10.9 Å². The molecule has 0 saturated heterocycles. The Morgan fingerprint density at radius 3 is 1.89 bits per heavy atom. The van der Waals surface area contributed by atoms with Crippen LogP contribution in [0.25, 0.3) is 55.8 Å². The first kappa shape index (κ1) is 21.7. The van der Waals surface area contributed by atoms with E-state index in [1.807, 2.05) is 24.3 Å². The van der Waals surface area contributed by atoms with E-state index in [9.17, 15) is 0 Å². The lowest BCUT2D eigenvalue weighted by Gasteiger charge is -2.21. The minimum Gasteiger partial charge on any atom is -0.228 e. The van der Waals surface area contributed by atoms with Gasteiger partial charge in [0.1, 0.15) is 0 Å². The quantitative estimate of drug-likeness (QED) is 0.256. The van der Waals surface area contributed by atoms with Gasteiger partial charge in [-0.3, -0.25) is 0 Å². The average Bonchev–Trinajstić information content (AvgIpc) is 3.19. The van der Waals surface area contributed by atoms with Crippen LogP contribution in [0.3, 0.4) is 0 Å². The monoisotopic (exact) mass is 474 g/mol. The van der Waals surface area contributed by atoms with Gasteiger partial charge in [0.2, 0.25) is 0 Å². The summed E-state index contributed by atoms with van der Waals surface area (Å²) < 4.78 is 0. The number of rotatable bonds is 3. The molecule has 1 aromatic heterocycles. The zero-order valence-electron chi connectivity index (χ0n) is 20.9. The molecule has 0 spiro atoms. The SMILES string of the molecule is CC1(C)c2ccccc2-c2cc(-c3ccc4c(-c5ccccc5)nc(-c5ccccc5)nc4c3)ccc21. The van der Waals surface area contributed by atoms with Crippen molar-refractivity contribution in [2.75, 3.05) is 0 Å². The summed E-state index contributed by atoms with van der Waals surface area (Å²) in [5.74, 6) is 0.744. The van der Waals surface area contributed by atoms with Crippen molar-refractivity contribution in [2.24, 2.45) is 0 Å². The normalized spacial score (nSPS) is 13.4. The number of nitrogens with zero attached hydrogens (tertiary/aromatic N) is 2. The molecule has 7 rings (SSSR count). The third kappa shape index (κ3) is 3.48. The van der Waals surface area contributed by atoms with Crippen LogP contribution in [0.15, 0.2) is 121 Å². The molecule has 0 fully saturated rings. The van der Waals surface area contributed by atoms with Crippen LogP contribution in [-0.2, 0) is 5.41 Å². The Morgan fingerprint density at radius 1 is 0.486 bits per heavy atom. The number of benzene rings is 5. The van der Waals surface area contributed by atoms with E-state index in [0.29, 0.717) is 0 Å². The van der Waals surface area contributed by atoms with E-state index in [2.05, 4.69) is 111 Å². The highest BCUT2D eigenvalue weighted by atomic mass is 14.9. The lowest BCUT2D eigenvalue weighted by Crippen LogP contribution is -2.14. The summed E-state index contributed by atoms with van der Waals surface area (Å²) in [6, 6.07) is 42.9. The van der Waals surface area contributed by atoms with Gasteiger partial charge in [0.15, 0.2) is 5.82 Å². The molecule has 1 aliphatic carbocycles. The second kappa shape index (κ2) is 8.25. The molecule has 0 bridgehead atoms. The van der Waals surface area contributed by atoms with Crippen molar-refractivity contribution in [3.8, 4) is 44.9 Å². The number of hydrogen-bond donors (Lipinski definition) is 0. The third-order valence-corrected chi connectivity index (χ3v) is 7.69. The molecular weight excluding hydrogens is 448 g/mol. The Kier molecular flexibility index (Phi) is 4.84. The van der Waals surface area contributed by atoms with E-state index in [1.165, 1.54) is 27.8 Å². The van der Waals surface area contributed by atoms with Crippen molar-refractivity contribution < 1.29 is 0 Å². The van der Waals surface area contributed by atoms with E-state index in [1.54, 1.807) is 0 Å². The zero-order chi connectivity index (χ0) is 25.0. The van der Waals surface area contributed by atoms with Crippen molar-refractivity contribution in [2.45, 2.75) is 19.3 Å². The minimum absolute atomic E-state index is 0.0102. The van der Waals surface area contributed by atoms with Gasteiger partial charge in [-0.25, -0.2) is 9.97 Å². The third-order valence-electron chi connectivity index (χ3n) is 7.69. The predicted octanol–water partition coefficient (Wildman–Crippen LogP) is 8.94. The number of fused-ring (bicyclic) bond motifs is 4. The van der Waals surface area contributed by atoms with Crippen molar-refractivity contribution in [3.63, 3.8) is 0 Å². The van der Waals surface area contributed by atoms with Gasteiger partial charge in [-0.2, -0.15) is 0 Å². The molecule has 1 heterocycles. The summed E-state index contributed by atoms with van der Waals surface area (Å²) in [5, 5.41) is 1.06. The Balaban J connectivity index is 1.42. The molecule has 0 N–H and O–H groups in total. The first-order chi connectivity index (χ1) is 18.1. The Hall–Kier alpha value is -4.56. The maximum Gasteiger partial charge on any atom is 0.160 e. The van der Waals surface area contributed by atoms with Gasteiger partial charge in [-0.05, 0) is 51.6 Å². The summed E-state index contributed by atoms with van der Waals surface area (Å²) in [6.07, 6.45) is 0. The topological polar surface area (TPSA) is 25.8 Å². The van der Waals surface area contributed by atoms with E-state index in [-0.39, 0.29) is 5.41 Å². The molecule has 6 aromatic rings. The van der Waals surface area contributed by atoms with Crippen LogP contribution >= 0.6 is 0 Å². The molecule has 0 radical (unpaired) electrons. The maximum absolute atomic E-state index is 5.04. The standard InChI is InChI=1S/C35H26N2/c1-35(2)30-16-10-9-15-27(30)29-21-25(18-20-31(29)35)26-17-19-28-32(22-26)36-34(24-13-7-4-8-14-24)37-33(28)23-11-5-3-6-12-23/h3-22H,1-2H3. The summed E-state index contributed by atoms with van der Waals surface area (Å²) in [6.45, 7) is 4.64. The first-order valence-electron chi connectivity index (χ1n) is 12.8. The van der Waals surface area contributed by atoms with Gasteiger partial charge in [0, 0.05) is 21.9 Å². The van der Waals surface area contributed by atoms with Crippen LogP contribution in [0.1, 0.15) is 25.0 Å². The lowest BCUT2D eigenvalue weighted by atomic mass is 9.82. The maximum atomic E-state index is 5.04. The van der Waals surface area contributed by atoms with Crippen LogP contribution in [0.4, 0.5) is 0 Å². The predicted molar refractivity (Wildman–Crippen MR) is 153 cm³/mol. The van der Waals surface area contributed by atoms with Crippen molar-refractivity contribution in [3.05, 3.63) is 132 Å². The van der Waals surface area contributed by atoms with Crippen LogP contribution in [0.5, 0.6) is 0 Å². The largest absolute Gasteiger partial charge is 0.228 e. The second-order valence-electron chi connectivity index (χ2n) is 10.3. The van der Waals surface area contributed by atoms with Crippen LogP contribution in [0.2, 0.25) is 0 Å². The van der Waals surface area contributed by atoms with Gasteiger partial charge in [0.05, 0.1) is 11.2 Å². The Labute approximate surface area is 217 Å². The molecule has 37 heavy (non-hydrogen) atoms. The van der Waals surface area contributed by atoms with E-state index >= 15 is 0 Å². The Morgan fingerprint density at radius 2 is 1.11 bits per heavy atom. The zero-order valence-corrected chi connectivity index (χ0v) is 20.9. The minimum atomic E-state index is 0.0102. The molecule has 1 aliphatic rings. The highest BCUT2D eigenvalue weighted by Gasteiger charge is 2.35. The van der Waals surface area contributed by atoms with Gasteiger partial charge in [-0.15, -0.1) is 0 Å². The first-order valence-corrected chi connectivity index (χ1v) is 12.8. The number of aromatic nitrogens is 2. The molecule has 0 atom stereocenters. The van der Waals surface area contributed by atoms with E-state index in [0.717, 1.165) is 39.1 Å². The Bertz CT molecular complexity index is 1780. The molecule has 0 amide bonds.